The monoisotopic (exact) mass is 339 g/mol. The lowest BCUT2D eigenvalue weighted by Gasteiger charge is -2.51. The topological polar surface area (TPSA) is 20.3 Å². The predicted molar refractivity (Wildman–Crippen MR) is 86.7 cm³/mol. The summed E-state index contributed by atoms with van der Waals surface area (Å²) in [5.74, 6) is -2.78. The number of alkyl halides is 3. The van der Waals surface area contributed by atoms with E-state index in [-0.39, 0.29) is 17.9 Å². The SMILES string of the molecule is CCC1CN2CCCCC2C(C(=O)C(F)(F)F)C1c1ccccc1. The van der Waals surface area contributed by atoms with E-state index in [9.17, 15) is 18.0 Å². The number of nitrogens with zero attached hydrogens (tertiary/aromatic N) is 1. The number of fused-ring (bicyclic) bond motifs is 1. The molecule has 5 heteroatoms. The first kappa shape index (κ1) is 17.5. The van der Waals surface area contributed by atoms with Gasteiger partial charge >= 0.3 is 6.18 Å². The van der Waals surface area contributed by atoms with Gasteiger partial charge < -0.3 is 0 Å². The maximum absolute atomic E-state index is 13.3. The van der Waals surface area contributed by atoms with Gasteiger partial charge in [-0.2, -0.15) is 13.2 Å². The molecule has 3 rings (SSSR count). The predicted octanol–water partition coefficient (Wildman–Crippen LogP) is 4.41. The molecule has 2 nitrogen and oxygen atoms in total. The molecule has 0 aromatic heterocycles. The first-order valence-corrected chi connectivity index (χ1v) is 8.83. The third-order valence-corrected chi connectivity index (χ3v) is 5.73. The van der Waals surface area contributed by atoms with Gasteiger partial charge in [-0.1, -0.05) is 50.1 Å². The van der Waals surface area contributed by atoms with Crippen molar-refractivity contribution in [2.24, 2.45) is 11.8 Å². The van der Waals surface area contributed by atoms with Gasteiger partial charge in [0.25, 0.3) is 0 Å². The van der Waals surface area contributed by atoms with Crippen molar-refractivity contribution in [3.05, 3.63) is 35.9 Å². The molecule has 0 saturated carbocycles. The van der Waals surface area contributed by atoms with Crippen molar-refractivity contribution >= 4 is 5.78 Å². The Labute approximate surface area is 141 Å². The normalized spacial score (nSPS) is 31.5. The molecule has 0 N–H and O–H groups in total. The maximum atomic E-state index is 13.3. The van der Waals surface area contributed by atoms with E-state index >= 15 is 0 Å². The summed E-state index contributed by atoms with van der Waals surface area (Å²) in [7, 11) is 0. The number of piperidine rings is 2. The van der Waals surface area contributed by atoms with E-state index in [2.05, 4.69) is 4.90 Å². The van der Waals surface area contributed by atoms with Gasteiger partial charge in [0.15, 0.2) is 0 Å². The number of hydrogen-bond acceptors (Lipinski definition) is 2. The lowest BCUT2D eigenvalue weighted by molar-refractivity contribution is -0.182. The molecule has 4 unspecified atom stereocenters. The molecule has 0 radical (unpaired) electrons. The Bertz CT molecular complexity index is 572. The van der Waals surface area contributed by atoms with Crippen LogP contribution in [0.4, 0.5) is 13.2 Å². The number of ketones is 1. The minimum atomic E-state index is -4.77. The molecule has 132 valence electrons. The average Bonchev–Trinajstić information content (AvgIpc) is 2.59. The molecule has 24 heavy (non-hydrogen) atoms. The first-order valence-electron chi connectivity index (χ1n) is 8.83. The Balaban J connectivity index is 2.04. The molecule has 2 fully saturated rings. The lowest BCUT2D eigenvalue weighted by Crippen LogP contribution is -2.58. The second-order valence-corrected chi connectivity index (χ2v) is 7.05. The Morgan fingerprint density at radius 1 is 1.21 bits per heavy atom. The third-order valence-electron chi connectivity index (χ3n) is 5.73. The van der Waals surface area contributed by atoms with Crippen molar-refractivity contribution in [2.45, 2.75) is 50.7 Å². The van der Waals surface area contributed by atoms with Crippen molar-refractivity contribution in [3.8, 4) is 0 Å². The van der Waals surface area contributed by atoms with Crippen LogP contribution in [-0.2, 0) is 4.79 Å². The van der Waals surface area contributed by atoms with Crippen LogP contribution in [0.3, 0.4) is 0 Å². The van der Waals surface area contributed by atoms with Crippen LogP contribution in [0.1, 0.15) is 44.1 Å². The molecular formula is C19H24F3NO. The molecule has 0 aliphatic carbocycles. The Kier molecular flexibility index (Phi) is 5.00. The smallest absolute Gasteiger partial charge is 0.299 e. The van der Waals surface area contributed by atoms with Gasteiger partial charge in [0, 0.05) is 18.5 Å². The van der Waals surface area contributed by atoms with E-state index < -0.39 is 17.9 Å². The lowest BCUT2D eigenvalue weighted by atomic mass is 9.65. The fourth-order valence-electron chi connectivity index (χ4n) is 4.66. The zero-order valence-corrected chi connectivity index (χ0v) is 13.9. The molecule has 2 aliphatic rings. The molecule has 0 bridgehead atoms. The van der Waals surface area contributed by atoms with Crippen LogP contribution in [0.15, 0.2) is 30.3 Å². The van der Waals surface area contributed by atoms with Crippen molar-refractivity contribution in [1.82, 2.24) is 4.90 Å². The van der Waals surface area contributed by atoms with E-state index in [0.717, 1.165) is 37.9 Å². The van der Waals surface area contributed by atoms with Crippen LogP contribution in [0.5, 0.6) is 0 Å². The quantitative estimate of drug-likeness (QED) is 0.813. The summed E-state index contributed by atoms with van der Waals surface area (Å²) >= 11 is 0. The summed E-state index contributed by atoms with van der Waals surface area (Å²) in [6.07, 6.45) is -1.38. The van der Waals surface area contributed by atoms with Crippen molar-refractivity contribution < 1.29 is 18.0 Å². The van der Waals surface area contributed by atoms with Crippen LogP contribution in [0.25, 0.3) is 0 Å². The molecule has 2 aliphatic heterocycles. The number of Topliss-reactive ketones (excluding diaryl/α,β-unsaturated/α-hetero) is 1. The molecule has 1 aromatic rings. The summed E-state index contributed by atoms with van der Waals surface area (Å²) in [5.41, 5.74) is 0.872. The maximum Gasteiger partial charge on any atom is 0.450 e. The van der Waals surface area contributed by atoms with Crippen LogP contribution < -0.4 is 0 Å². The van der Waals surface area contributed by atoms with E-state index in [1.54, 1.807) is 0 Å². The van der Waals surface area contributed by atoms with Gasteiger partial charge in [-0.05, 0) is 36.8 Å². The Morgan fingerprint density at radius 2 is 1.92 bits per heavy atom. The molecule has 4 atom stereocenters. The Morgan fingerprint density at radius 3 is 2.54 bits per heavy atom. The van der Waals surface area contributed by atoms with E-state index in [1.165, 1.54) is 0 Å². The van der Waals surface area contributed by atoms with Crippen LogP contribution in [-0.4, -0.2) is 36.0 Å². The minimum absolute atomic E-state index is 0.0815. The molecule has 0 amide bonds. The number of halogens is 3. The van der Waals surface area contributed by atoms with Crippen molar-refractivity contribution in [3.63, 3.8) is 0 Å². The fourth-order valence-corrected chi connectivity index (χ4v) is 4.66. The highest BCUT2D eigenvalue weighted by Gasteiger charge is 2.54. The second-order valence-electron chi connectivity index (χ2n) is 7.05. The van der Waals surface area contributed by atoms with Crippen molar-refractivity contribution in [1.29, 1.82) is 0 Å². The summed E-state index contributed by atoms with van der Waals surface area (Å²) in [4.78, 5) is 14.5. The van der Waals surface area contributed by atoms with Gasteiger partial charge in [0.05, 0.1) is 0 Å². The number of hydrogen-bond donors (Lipinski definition) is 0. The first-order chi connectivity index (χ1) is 11.4. The highest BCUT2D eigenvalue weighted by atomic mass is 19.4. The number of carbonyl (C=O) groups is 1. The van der Waals surface area contributed by atoms with Crippen molar-refractivity contribution in [2.75, 3.05) is 13.1 Å². The highest BCUT2D eigenvalue weighted by molar-refractivity contribution is 5.88. The van der Waals surface area contributed by atoms with Crippen LogP contribution >= 0.6 is 0 Å². The molecule has 1 aromatic carbocycles. The van der Waals surface area contributed by atoms with Gasteiger partial charge in [0.2, 0.25) is 5.78 Å². The summed E-state index contributed by atoms with van der Waals surface area (Å²) in [6, 6.07) is 9.04. The summed E-state index contributed by atoms with van der Waals surface area (Å²) < 4.78 is 40.0. The largest absolute Gasteiger partial charge is 0.450 e. The van der Waals surface area contributed by atoms with E-state index in [4.69, 9.17) is 0 Å². The Hall–Kier alpha value is -1.36. The summed E-state index contributed by atoms with van der Waals surface area (Å²) in [5, 5.41) is 0. The van der Waals surface area contributed by atoms with Crippen LogP contribution in [0, 0.1) is 11.8 Å². The van der Waals surface area contributed by atoms with Crippen LogP contribution in [0.2, 0.25) is 0 Å². The average molecular weight is 339 g/mol. The van der Waals surface area contributed by atoms with Gasteiger partial charge in [-0.25, -0.2) is 0 Å². The second kappa shape index (κ2) is 6.87. The molecular weight excluding hydrogens is 315 g/mol. The van der Waals surface area contributed by atoms with E-state index in [0.29, 0.717) is 6.42 Å². The number of rotatable bonds is 3. The van der Waals surface area contributed by atoms with Gasteiger partial charge in [-0.15, -0.1) is 0 Å². The zero-order valence-electron chi connectivity index (χ0n) is 13.9. The van der Waals surface area contributed by atoms with Gasteiger partial charge in [-0.3, -0.25) is 9.69 Å². The summed E-state index contributed by atoms with van der Waals surface area (Å²) in [6.45, 7) is 3.62. The molecule has 0 spiro atoms. The number of carbonyl (C=O) groups excluding carboxylic acids is 1. The highest BCUT2D eigenvalue weighted by Crippen LogP contribution is 2.47. The minimum Gasteiger partial charge on any atom is -0.299 e. The molecule has 2 heterocycles. The fraction of sp³-hybridized carbons (Fsp3) is 0.632. The molecule has 2 saturated heterocycles. The third kappa shape index (κ3) is 3.23. The van der Waals surface area contributed by atoms with E-state index in [1.807, 2.05) is 37.3 Å². The standard InChI is InChI=1S/C19H24F3NO/c1-2-13-12-23-11-7-6-10-15(23)17(18(24)19(20,21)22)16(13)14-8-4-3-5-9-14/h3-5,8-9,13,15-17H,2,6-7,10-12H2,1H3. The number of benzene rings is 1. The van der Waals surface area contributed by atoms with Gasteiger partial charge in [0.1, 0.15) is 0 Å². The zero-order chi connectivity index (χ0) is 17.3.